The summed E-state index contributed by atoms with van der Waals surface area (Å²) in [6.45, 7) is 2.12. The van der Waals surface area contributed by atoms with E-state index in [4.69, 9.17) is 0 Å². The Hall–Kier alpha value is -2.25. The summed E-state index contributed by atoms with van der Waals surface area (Å²) in [4.78, 5) is 16.5. The van der Waals surface area contributed by atoms with Crippen LogP contribution < -0.4 is 4.90 Å². The van der Waals surface area contributed by atoms with Crippen LogP contribution in [0.5, 0.6) is 0 Å². The molecule has 7 heteroatoms. The molecule has 2 aromatic rings. The fourth-order valence-electron chi connectivity index (χ4n) is 3.51. The lowest BCUT2D eigenvalue weighted by molar-refractivity contribution is -0.119. The molecule has 2 aliphatic heterocycles. The van der Waals surface area contributed by atoms with Crippen molar-refractivity contribution in [1.82, 2.24) is 20.3 Å². The Balaban J connectivity index is 1.43. The number of aromatic nitrogens is 3. The zero-order chi connectivity index (χ0) is 15.9. The summed E-state index contributed by atoms with van der Waals surface area (Å²) in [5, 5.41) is 20.9. The topological polar surface area (TPSA) is 85.3 Å². The van der Waals surface area contributed by atoms with E-state index < -0.39 is 5.60 Å². The number of aliphatic hydroxyl groups is 1. The van der Waals surface area contributed by atoms with Crippen LogP contribution in [0.15, 0.2) is 30.5 Å². The van der Waals surface area contributed by atoms with E-state index in [-0.39, 0.29) is 5.91 Å². The number of H-pyrrole nitrogens is 1. The van der Waals surface area contributed by atoms with Gasteiger partial charge in [0.2, 0.25) is 5.91 Å². The predicted octanol–water partition coefficient (Wildman–Crippen LogP) is 0.287. The van der Waals surface area contributed by atoms with Crippen molar-refractivity contribution in [2.75, 3.05) is 31.1 Å². The van der Waals surface area contributed by atoms with Crippen LogP contribution in [-0.2, 0) is 16.8 Å². The molecule has 1 aromatic heterocycles. The zero-order valence-electron chi connectivity index (χ0n) is 12.8. The molecule has 0 unspecified atom stereocenters. The summed E-state index contributed by atoms with van der Waals surface area (Å²) >= 11 is 0. The maximum atomic E-state index is 12.6. The molecule has 1 saturated heterocycles. The summed E-state index contributed by atoms with van der Waals surface area (Å²) in [7, 11) is 0. The van der Waals surface area contributed by atoms with E-state index in [1.165, 1.54) is 5.56 Å². The molecule has 3 heterocycles. The summed E-state index contributed by atoms with van der Waals surface area (Å²) in [5.41, 5.74) is 1.76. The van der Waals surface area contributed by atoms with E-state index in [0.717, 1.165) is 18.7 Å². The number of rotatable bonds is 3. The SMILES string of the molecule is O=C(CN1CC[C@@](O)(c2cn[nH]n2)C1)N1CCc2ccccc21. The minimum atomic E-state index is -1.02. The lowest BCUT2D eigenvalue weighted by atomic mass is 10.0. The first kappa shape index (κ1) is 14.3. The van der Waals surface area contributed by atoms with E-state index in [0.29, 0.717) is 31.7 Å². The maximum Gasteiger partial charge on any atom is 0.241 e. The van der Waals surface area contributed by atoms with Crippen LogP contribution in [0.3, 0.4) is 0 Å². The first-order chi connectivity index (χ1) is 11.2. The molecule has 4 rings (SSSR count). The first-order valence-electron chi connectivity index (χ1n) is 7.85. The van der Waals surface area contributed by atoms with Gasteiger partial charge in [0, 0.05) is 25.3 Å². The highest BCUT2D eigenvalue weighted by Gasteiger charge is 2.40. The summed E-state index contributed by atoms with van der Waals surface area (Å²) < 4.78 is 0. The van der Waals surface area contributed by atoms with Crippen molar-refractivity contribution in [2.45, 2.75) is 18.4 Å². The molecule has 0 bridgehead atoms. The van der Waals surface area contributed by atoms with Crippen LogP contribution in [0.25, 0.3) is 0 Å². The van der Waals surface area contributed by atoms with E-state index in [2.05, 4.69) is 21.5 Å². The zero-order valence-corrected chi connectivity index (χ0v) is 12.8. The molecule has 2 aliphatic rings. The van der Waals surface area contributed by atoms with Gasteiger partial charge in [-0.25, -0.2) is 0 Å². The van der Waals surface area contributed by atoms with Gasteiger partial charge >= 0.3 is 0 Å². The monoisotopic (exact) mass is 313 g/mol. The average Bonchev–Trinajstić information content (AvgIpc) is 3.26. The number of hydrogen-bond donors (Lipinski definition) is 2. The van der Waals surface area contributed by atoms with E-state index in [1.807, 2.05) is 28.0 Å². The van der Waals surface area contributed by atoms with Crippen LogP contribution >= 0.6 is 0 Å². The highest BCUT2D eigenvalue weighted by molar-refractivity contribution is 5.96. The predicted molar refractivity (Wildman–Crippen MR) is 83.8 cm³/mol. The fraction of sp³-hybridized carbons (Fsp3) is 0.438. The van der Waals surface area contributed by atoms with E-state index in [1.54, 1.807) is 6.20 Å². The first-order valence-corrected chi connectivity index (χ1v) is 7.85. The van der Waals surface area contributed by atoms with E-state index >= 15 is 0 Å². The Morgan fingerprint density at radius 1 is 1.35 bits per heavy atom. The van der Waals surface area contributed by atoms with Gasteiger partial charge in [0.25, 0.3) is 0 Å². The van der Waals surface area contributed by atoms with Gasteiger partial charge in [-0.15, -0.1) is 0 Å². The Kier molecular flexibility index (Phi) is 3.39. The lowest BCUT2D eigenvalue weighted by Crippen LogP contribution is -2.40. The molecule has 7 nitrogen and oxygen atoms in total. The van der Waals surface area contributed by atoms with Crippen molar-refractivity contribution in [3.05, 3.63) is 41.7 Å². The molecule has 1 aromatic carbocycles. The number of nitrogens with one attached hydrogen (secondary N) is 1. The third kappa shape index (κ3) is 2.51. The van der Waals surface area contributed by atoms with Crippen LogP contribution in [0.2, 0.25) is 0 Å². The largest absolute Gasteiger partial charge is 0.382 e. The molecule has 1 atom stereocenters. The molecule has 120 valence electrons. The standard InChI is InChI=1S/C16H19N5O2/c22-15(21-7-5-12-3-1-2-4-13(12)21)10-20-8-6-16(23,11-20)14-9-17-19-18-14/h1-4,9,23H,5-8,10-11H2,(H,17,18,19)/t16-/m0/s1. The molecule has 0 spiro atoms. The lowest BCUT2D eigenvalue weighted by Gasteiger charge is -2.23. The number of carbonyl (C=O) groups excluding carboxylic acids is 1. The summed E-state index contributed by atoms with van der Waals surface area (Å²) in [6.07, 6.45) is 3.01. The third-order valence-corrected chi connectivity index (χ3v) is 4.77. The second-order valence-electron chi connectivity index (χ2n) is 6.27. The molecule has 0 saturated carbocycles. The molecular formula is C16H19N5O2. The molecule has 1 amide bonds. The normalized spacial score (nSPS) is 24.1. The average molecular weight is 313 g/mol. The highest BCUT2D eigenvalue weighted by Crippen LogP contribution is 2.31. The molecule has 23 heavy (non-hydrogen) atoms. The van der Waals surface area contributed by atoms with Crippen LogP contribution in [0.1, 0.15) is 17.7 Å². The number of amides is 1. The summed E-state index contributed by atoms with van der Waals surface area (Å²) in [5.74, 6) is 0.0827. The number of fused-ring (bicyclic) bond motifs is 1. The van der Waals surface area contributed by atoms with Gasteiger partial charge < -0.3 is 10.0 Å². The number of likely N-dealkylation sites (tertiary alicyclic amines) is 1. The fourth-order valence-corrected chi connectivity index (χ4v) is 3.51. The minimum Gasteiger partial charge on any atom is -0.382 e. The smallest absolute Gasteiger partial charge is 0.241 e. The van der Waals surface area contributed by atoms with Gasteiger partial charge in [-0.2, -0.15) is 15.4 Å². The van der Waals surface area contributed by atoms with Crippen molar-refractivity contribution in [2.24, 2.45) is 0 Å². The summed E-state index contributed by atoms with van der Waals surface area (Å²) in [6, 6.07) is 8.03. The van der Waals surface area contributed by atoms with Crippen molar-refractivity contribution in [3.63, 3.8) is 0 Å². The van der Waals surface area contributed by atoms with Crippen LogP contribution in [0, 0.1) is 0 Å². The quantitative estimate of drug-likeness (QED) is 0.850. The second kappa shape index (κ2) is 5.43. The Morgan fingerprint density at radius 3 is 3.04 bits per heavy atom. The number of benzene rings is 1. The number of para-hydroxylation sites is 1. The van der Waals surface area contributed by atoms with Gasteiger partial charge in [-0.05, 0) is 24.5 Å². The number of β-amino-alcohol motifs (C(OH)–C–C–N with tert-alkyl or cyclic N) is 1. The molecule has 2 N–H and O–H groups in total. The van der Waals surface area contributed by atoms with Gasteiger partial charge in [-0.1, -0.05) is 18.2 Å². The molecule has 0 radical (unpaired) electrons. The molecule has 0 aliphatic carbocycles. The Bertz CT molecular complexity index is 717. The number of anilines is 1. The highest BCUT2D eigenvalue weighted by atomic mass is 16.3. The second-order valence-corrected chi connectivity index (χ2v) is 6.27. The Morgan fingerprint density at radius 2 is 2.22 bits per heavy atom. The van der Waals surface area contributed by atoms with Crippen molar-refractivity contribution < 1.29 is 9.90 Å². The van der Waals surface area contributed by atoms with Crippen molar-refractivity contribution in [1.29, 1.82) is 0 Å². The number of aromatic amines is 1. The van der Waals surface area contributed by atoms with Gasteiger partial charge in [0.05, 0.1) is 12.7 Å². The Labute approximate surface area is 133 Å². The van der Waals surface area contributed by atoms with Gasteiger partial charge in [0.15, 0.2) is 0 Å². The van der Waals surface area contributed by atoms with Crippen LogP contribution in [-0.4, -0.2) is 57.5 Å². The number of nitrogens with zero attached hydrogens (tertiary/aromatic N) is 4. The van der Waals surface area contributed by atoms with Crippen molar-refractivity contribution in [3.8, 4) is 0 Å². The van der Waals surface area contributed by atoms with Gasteiger partial charge in [-0.3, -0.25) is 9.69 Å². The van der Waals surface area contributed by atoms with Gasteiger partial charge in [0.1, 0.15) is 11.3 Å². The number of carbonyl (C=O) groups is 1. The number of hydrogen-bond acceptors (Lipinski definition) is 5. The van der Waals surface area contributed by atoms with Crippen LogP contribution in [0.4, 0.5) is 5.69 Å². The third-order valence-electron chi connectivity index (χ3n) is 4.77. The van der Waals surface area contributed by atoms with E-state index in [9.17, 15) is 9.90 Å². The van der Waals surface area contributed by atoms with Crippen molar-refractivity contribution >= 4 is 11.6 Å². The molecule has 1 fully saturated rings. The maximum absolute atomic E-state index is 12.6. The molecular weight excluding hydrogens is 294 g/mol. The minimum absolute atomic E-state index is 0.0827.